The molecular formula is C14H12ClF3N2O. The molecule has 112 valence electrons. The minimum Gasteiger partial charge on any atom is -0.298 e. The van der Waals surface area contributed by atoms with Gasteiger partial charge in [0.05, 0.1) is 11.1 Å². The van der Waals surface area contributed by atoms with Crippen LogP contribution in [0.4, 0.5) is 13.2 Å². The zero-order valence-corrected chi connectivity index (χ0v) is 12.3. The van der Waals surface area contributed by atoms with E-state index in [0.717, 1.165) is 12.1 Å². The lowest BCUT2D eigenvalue weighted by molar-refractivity contribution is 0.112. The van der Waals surface area contributed by atoms with Crippen LogP contribution in [0.2, 0.25) is 5.15 Å². The molecule has 0 bridgehead atoms. The van der Waals surface area contributed by atoms with Gasteiger partial charge in [-0.2, -0.15) is 5.10 Å². The average molecular weight is 317 g/mol. The smallest absolute Gasteiger partial charge is 0.195 e. The van der Waals surface area contributed by atoms with E-state index in [1.165, 1.54) is 4.68 Å². The summed E-state index contributed by atoms with van der Waals surface area (Å²) in [4.78, 5) is 11.2. The first-order valence-electron chi connectivity index (χ1n) is 6.06. The predicted molar refractivity (Wildman–Crippen MR) is 72.9 cm³/mol. The molecule has 0 atom stereocenters. The third-order valence-corrected chi connectivity index (χ3v) is 3.27. The summed E-state index contributed by atoms with van der Waals surface area (Å²) < 4.78 is 41.5. The Morgan fingerprint density at radius 3 is 2.33 bits per heavy atom. The van der Waals surface area contributed by atoms with Crippen molar-refractivity contribution < 1.29 is 18.0 Å². The summed E-state index contributed by atoms with van der Waals surface area (Å²) in [6, 6.07) is 1.79. The van der Waals surface area contributed by atoms with Gasteiger partial charge in [-0.25, -0.2) is 17.9 Å². The zero-order valence-electron chi connectivity index (χ0n) is 11.5. The fraction of sp³-hybridized carbons (Fsp3) is 0.286. The molecule has 0 aliphatic heterocycles. The highest BCUT2D eigenvalue weighted by atomic mass is 35.5. The first kappa shape index (κ1) is 15.6. The van der Waals surface area contributed by atoms with E-state index in [-0.39, 0.29) is 22.0 Å². The highest BCUT2D eigenvalue weighted by Gasteiger charge is 2.27. The largest absolute Gasteiger partial charge is 0.298 e. The van der Waals surface area contributed by atoms with Crippen molar-refractivity contribution in [2.24, 2.45) is 0 Å². The zero-order chi connectivity index (χ0) is 15.9. The first-order chi connectivity index (χ1) is 9.68. The summed E-state index contributed by atoms with van der Waals surface area (Å²) in [6.07, 6.45) is 0.410. The number of aromatic nitrogens is 2. The summed E-state index contributed by atoms with van der Waals surface area (Å²) in [5.74, 6) is -4.34. The van der Waals surface area contributed by atoms with E-state index in [0.29, 0.717) is 6.29 Å². The van der Waals surface area contributed by atoms with Crippen LogP contribution in [0.3, 0.4) is 0 Å². The predicted octanol–water partition coefficient (Wildman–Crippen LogP) is 4.19. The second kappa shape index (κ2) is 5.18. The highest BCUT2D eigenvalue weighted by molar-refractivity contribution is 6.32. The Morgan fingerprint density at radius 2 is 1.81 bits per heavy atom. The average Bonchev–Trinajstić information content (AvgIpc) is 2.73. The number of benzene rings is 1. The van der Waals surface area contributed by atoms with Gasteiger partial charge in [-0.3, -0.25) is 4.79 Å². The van der Waals surface area contributed by atoms with Crippen LogP contribution >= 0.6 is 11.6 Å². The van der Waals surface area contributed by atoms with Crippen molar-refractivity contribution in [1.82, 2.24) is 9.78 Å². The molecule has 2 aromatic rings. The lowest BCUT2D eigenvalue weighted by Crippen LogP contribution is -2.23. The van der Waals surface area contributed by atoms with Crippen LogP contribution in [0.5, 0.6) is 0 Å². The molecule has 0 fully saturated rings. The fourth-order valence-corrected chi connectivity index (χ4v) is 2.29. The Hall–Kier alpha value is -1.82. The maximum Gasteiger partial charge on any atom is 0.195 e. The van der Waals surface area contributed by atoms with Gasteiger partial charge in [-0.05, 0) is 32.9 Å². The molecule has 0 saturated carbocycles. The van der Waals surface area contributed by atoms with Gasteiger partial charge in [0.15, 0.2) is 23.7 Å². The van der Waals surface area contributed by atoms with E-state index < -0.39 is 23.0 Å². The highest BCUT2D eigenvalue weighted by Crippen LogP contribution is 2.33. The number of carbonyl (C=O) groups is 1. The second-order valence-electron chi connectivity index (χ2n) is 5.48. The van der Waals surface area contributed by atoms with Crippen LogP contribution < -0.4 is 0 Å². The van der Waals surface area contributed by atoms with Crippen LogP contribution in [0, 0.1) is 17.5 Å². The molecule has 0 unspecified atom stereocenters. The standard InChI is InChI=1S/C14H12ClF3N2O/c1-14(2,3)20-13(15)8(6-21)12(19-20)7-4-5-9(16)11(18)10(7)17/h4-6H,1-3H3. The number of hydrogen-bond acceptors (Lipinski definition) is 2. The monoisotopic (exact) mass is 316 g/mol. The number of halogens is 4. The van der Waals surface area contributed by atoms with Gasteiger partial charge in [0.1, 0.15) is 10.8 Å². The summed E-state index contributed by atoms with van der Waals surface area (Å²) in [7, 11) is 0. The molecule has 0 spiro atoms. The van der Waals surface area contributed by atoms with Crippen molar-refractivity contribution in [2.75, 3.05) is 0 Å². The normalized spacial score (nSPS) is 11.8. The third-order valence-electron chi connectivity index (χ3n) is 2.91. The van der Waals surface area contributed by atoms with Crippen LogP contribution in [0.1, 0.15) is 31.1 Å². The maximum absolute atomic E-state index is 13.9. The molecule has 0 aliphatic rings. The van der Waals surface area contributed by atoms with Crippen molar-refractivity contribution in [3.8, 4) is 11.3 Å². The molecule has 2 rings (SSSR count). The minimum absolute atomic E-state index is 0.0108. The molecule has 0 N–H and O–H groups in total. The van der Waals surface area contributed by atoms with E-state index in [1.54, 1.807) is 20.8 Å². The van der Waals surface area contributed by atoms with Crippen molar-refractivity contribution in [2.45, 2.75) is 26.3 Å². The Kier molecular flexibility index (Phi) is 3.84. The Morgan fingerprint density at radius 1 is 1.19 bits per heavy atom. The first-order valence-corrected chi connectivity index (χ1v) is 6.44. The number of hydrogen-bond donors (Lipinski definition) is 0. The lowest BCUT2D eigenvalue weighted by atomic mass is 10.1. The molecule has 7 heteroatoms. The second-order valence-corrected chi connectivity index (χ2v) is 5.83. The van der Waals surface area contributed by atoms with Gasteiger partial charge < -0.3 is 0 Å². The van der Waals surface area contributed by atoms with Gasteiger partial charge in [-0.15, -0.1) is 0 Å². The van der Waals surface area contributed by atoms with Crippen molar-refractivity contribution in [1.29, 1.82) is 0 Å². The molecular weight excluding hydrogens is 305 g/mol. The number of aldehydes is 1. The molecule has 0 saturated heterocycles. The number of carbonyl (C=O) groups excluding carboxylic acids is 1. The van der Waals surface area contributed by atoms with Gasteiger partial charge in [0.2, 0.25) is 0 Å². The van der Waals surface area contributed by atoms with E-state index >= 15 is 0 Å². The summed E-state index contributed by atoms with van der Waals surface area (Å²) >= 11 is 6.07. The molecule has 1 aromatic heterocycles. The summed E-state index contributed by atoms with van der Waals surface area (Å²) in [5.41, 5.74) is -1.08. The fourth-order valence-electron chi connectivity index (χ4n) is 1.87. The maximum atomic E-state index is 13.9. The summed E-state index contributed by atoms with van der Waals surface area (Å²) in [6.45, 7) is 5.35. The van der Waals surface area contributed by atoms with Crippen LogP contribution in [-0.2, 0) is 5.54 Å². The van der Waals surface area contributed by atoms with Crippen LogP contribution in [-0.4, -0.2) is 16.1 Å². The van der Waals surface area contributed by atoms with E-state index in [1.807, 2.05) is 0 Å². The summed E-state index contributed by atoms with van der Waals surface area (Å²) in [5, 5.41) is 4.09. The third kappa shape index (κ3) is 2.55. The Labute approximate surface area is 124 Å². The molecule has 0 radical (unpaired) electrons. The van der Waals surface area contributed by atoms with Crippen molar-refractivity contribution in [3.05, 3.63) is 40.3 Å². The quantitative estimate of drug-likeness (QED) is 0.615. The Bertz CT molecular complexity index is 720. The van der Waals surface area contributed by atoms with Gasteiger partial charge >= 0.3 is 0 Å². The number of nitrogens with zero attached hydrogens (tertiary/aromatic N) is 2. The van der Waals surface area contributed by atoms with Gasteiger partial charge in [0, 0.05) is 5.56 Å². The topological polar surface area (TPSA) is 34.9 Å². The van der Waals surface area contributed by atoms with E-state index in [4.69, 9.17) is 11.6 Å². The molecule has 3 nitrogen and oxygen atoms in total. The number of rotatable bonds is 2. The molecule has 0 amide bonds. The van der Waals surface area contributed by atoms with Crippen LogP contribution in [0.15, 0.2) is 12.1 Å². The van der Waals surface area contributed by atoms with Gasteiger partial charge in [0.25, 0.3) is 0 Å². The Balaban J connectivity index is 2.76. The SMILES string of the molecule is CC(C)(C)n1nc(-c2ccc(F)c(F)c2F)c(C=O)c1Cl. The van der Waals surface area contributed by atoms with Crippen molar-refractivity contribution >= 4 is 17.9 Å². The molecule has 0 aliphatic carbocycles. The molecule has 1 aromatic carbocycles. The van der Waals surface area contributed by atoms with Crippen LogP contribution in [0.25, 0.3) is 11.3 Å². The lowest BCUT2D eigenvalue weighted by Gasteiger charge is -2.20. The van der Waals surface area contributed by atoms with E-state index in [2.05, 4.69) is 5.10 Å². The molecule has 1 heterocycles. The van der Waals surface area contributed by atoms with Crippen molar-refractivity contribution in [3.63, 3.8) is 0 Å². The van der Waals surface area contributed by atoms with Gasteiger partial charge in [-0.1, -0.05) is 11.6 Å². The molecule has 21 heavy (non-hydrogen) atoms. The van der Waals surface area contributed by atoms with E-state index in [9.17, 15) is 18.0 Å². The minimum atomic E-state index is -1.62.